The second kappa shape index (κ2) is 7.82. The highest BCUT2D eigenvalue weighted by atomic mass is 35.5. The number of hydrogen-bond donors (Lipinski definition) is 2. The van der Waals surface area contributed by atoms with E-state index in [0.717, 1.165) is 5.56 Å². The Morgan fingerprint density at radius 2 is 1.95 bits per heavy atom. The Morgan fingerprint density at radius 1 is 1.23 bits per heavy atom. The van der Waals surface area contributed by atoms with Crippen LogP contribution in [0.25, 0.3) is 0 Å². The predicted octanol–water partition coefficient (Wildman–Crippen LogP) is 3.84. The summed E-state index contributed by atoms with van der Waals surface area (Å²) >= 11 is 7.07. The molecule has 2 aromatic rings. The molecule has 0 aliphatic heterocycles. The van der Waals surface area contributed by atoms with Gasteiger partial charge in [0, 0.05) is 4.88 Å². The summed E-state index contributed by atoms with van der Waals surface area (Å²) in [5.74, 6) is -1.02. The lowest BCUT2D eigenvalue weighted by atomic mass is 10.2. The second-order valence-electron chi connectivity index (χ2n) is 4.50. The van der Waals surface area contributed by atoms with Crippen molar-refractivity contribution in [1.82, 2.24) is 5.32 Å². The Morgan fingerprint density at radius 3 is 2.55 bits per heavy atom. The third-order valence-electron chi connectivity index (χ3n) is 2.82. The molecular weight excluding hydrogens is 326 g/mol. The third-order valence-corrected chi connectivity index (χ3v) is 4.17. The summed E-state index contributed by atoms with van der Waals surface area (Å²) in [5.41, 5.74) is 0.853. The fraction of sp³-hybridized carbons (Fsp3) is 0.200. The van der Waals surface area contributed by atoms with E-state index in [4.69, 9.17) is 21.4 Å². The van der Waals surface area contributed by atoms with Crippen LogP contribution in [0.15, 0.2) is 42.5 Å². The molecule has 1 amide bonds. The number of nitrogens with one attached hydrogen (secondary N) is 1. The molecule has 1 aromatic heterocycles. The van der Waals surface area contributed by atoms with E-state index in [1.165, 1.54) is 11.3 Å². The molecule has 0 unspecified atom stereocenters. The number of carboxylic acid groups (broad SMARTS) is 1. The average molecular weight is 340 g/mol. The van der Waals surface area contributed by atoms with Crippen molar-refractivity contribution in [1.29, 1.82) is 0 Å². The Labute approximate surface area is 136 Å². The number of ether oxygens (including phenoxy) is 1. The number of carboxylic acids is 1. The van der Waals surface area contributed by atoms with Crippen LogP contribution >= 0.6 is 22.9 Å². The highest BCUT2D eigenvalue weighted by molar-refractivity contribution is 7.16. The van der Waals surface area contributed by atoms with Crippen molar-refractivity contribution in [3.63, 3.8) is 0 Å². The quantitative estimate of drug-likeness (QED) is 0.838. The number of carbonyl (C=O) groups excluding carboxylic acids is 1. The molecule has 2 N–H and O–H groups in total. The molecule has 0 radical (unpaired) electrons. The maximum Gasteiger partial charge on any atom is 0.407 e. The lowest BCUT2D eigenvalue weighted by molar-refractivity contribution is -0.137. The number of hydrogen-bond acceptors (Lipinski definition) is 4. The molecule has 0 aliphatic rings. The molecule has 0 spiro atoms. The second-order valence-corrected chi connectivity index (χ2v) is 6.25. The van der Waals surface area contributed by atoms with Crippen molar-refractivity contribution < 1.29 is 19.4 Å². The number of alkyl carbamates (subject to hydrolysis) is 1. The smallest absolute Gasteiger partial charge is 0.407 e. The molecular formula is C15H14ClNO4S. The number of benzene rings is 1. The number of rotatable bonds is 6. The first kappa shape index (κ1) is 16.3. The Kier molecular flexibility index (Phi) is 5.80. The molecule has 0 saturated heterocycles. The lowest BCUT2D eigenvalue weighted by Gasteiger charge is -2.15. The average Bonchev–Trinajstić information content (AvgIpc) is 2.92. The summed E-state index contributed by atoms with van der Waals surface area (Å²) in [4.78, 5) is 23.4. The highest BCUT2D eigenvalue weighted by Crippen LogP contribution is 2.28. The van der Waals surface area contributed by atoms with Gasteiger partial charge in [-0.2, -0.15) is 0 Å². The molecule has 2 rings (SSSR count). The van der Waals surface area contributed by atoms with Crippen molar-refractivity contribution in [3.8, 4) is 0 Å². The van der Waals surface area contributed by atoms with Crippen LogP contribution in [0.4, 0.5) is 4.79 Å². The van der Waals surface area contributed by atoms with Crippen molar-refractivity contribution in [3.05, 3.63) is 57.2 Å². The molecule has 0 aliphatic carbocycles. The maximum atomic E-state index is 11.8. The molecule has 0 bridgehead atoms. The van der Waals surface area contributed by atoms with Gasteiger partial charge in [-0.25, -0.2) is 4.79 Å². The molecule has 22 heavy (non-hydrogen) atoms. The van der Waals surface area contributed by atoms with Crippen molar-refractivity contribution in [2.24, 2.45) is 0 Å². The van der Waals surface area contributed by atoms with Gasteiger partial charge in [-0.15, -0.1) is 11.3 Å². The van der Waals surface area contributed by atoms with E-state index < -0.39 is 18.1 Å². The third kappa shape index (κ3) is 5.05. The van der Waals surface area contributed by atoms with Gasteiger partial charge >= 0.3 is 12.1 Å². The van der Waals surface area contributed by atoms with Crippen LogP contribution in [0.3, 0.4) is 0 Å². The van der Waals surface area contributed by atoms with E-state index in [2.05, 4.69) is 5.32 Å². The monoisotopic (exact) mass is 339 g/mol. The van der Waals surface area contributed by atoms with Gasteiger partial charge in [-0.1, -0.05) is 41.9 Å². The van der Waals surface area contributed by atoms with Crippen molar-refractivity contribution >= 4 is 35.0 Å². The number of thiophene rings is 1. The van der Waals surface area contributed by atoms with E-state index in [9.17, 15) is 9.59 Å². The minimum Gasteiger partial charge on any atom is -0.481 e. The van der Waals surface area contributed by atoms with Gasteiger partial charge in [0.1, 0.15) is 6.61 Å². The first-order chi connectivity index (χ1) is 10.5. The van der Waals surface area contributed by atoms with Crippen LogP contribution in [-0.2, 0) is 16.1 Å². The first-order valence-electron chi connectivity index (χ1n) is 6.49. The summed E-state index contributed by atoms with van der Waals surface area (Å²) < 4.78 is 5.63. The normalized spacial score (nSPS) is 11.7. The Hall–Kier alpha value is -2.05. The molecule has 5 nitrogen and oxygen atoms in total. The molecule has 7 heteroatoms. The summed E-state index contributed by atoms with van der Waals surface area (Å²) in [6, 6.07) is 11.9. The first-order valence-corrected chi connectivity index (χ1v) is 7.68. The minimum absolute atomic E-state index is 0.123. The van der Waals surface area contributed by atoms with E-state index in [0.29, 0.717) is 9.21 Å². The zero-order chi connectivity index (χ0) is 15.9. The van der Waals surface area contributed by atoms with Crippen LogP contribution in [0.5, 0.6) is 0 Å². The summed E-state index contributed by atoms with van der Waals surface area (Å²) in [6.45, 7) is 0.123. The molecule has 116 valence electrons. The van der Waals surface area contributed by atoms with Gasteiger partial charge in [0.15, 0.2) is 0 Å². The van der Waals surface area contributed by atoms with Gasteiger partial charge < -0.3 is 15.2 Å². The van der Waals surface area contributed by atoms with Crippen LogP contribution in [-0.4, -0.2) is 17.2 Å². The number of carbonyl (C=O) groups is 2. The van der Waals surface area contributed by atoms with E-state index in [-0.39, 0.29) is 13.0 Å². The summed E-state index contributed by atoms with van der Waals surface area (Å²) in [6.07, 6.45) is -0.906. The van der Waals surface area contributed by atoms with E-state index >= 15 is 0 Å². The fourth-order valence-electron chi connectivity index (χ4n) is 1.82. The molecule has 1 aromatic carbocycles. The van der Waals surface area contributed by atoms with Crippen LogP contribution < -0.4 is 5.32 Å². The molecule has 1 atom stereocenters. The topological polar surface area (TPSA) is 75.6 Å². The number of halogens is 1. The minimum atomic E-state index is -1.02. The van der Waals surface area contributed by atoms with Crippen molar-refractivity contribution in [2.45, 2.75) is 19.1 Å². The summed E-state index contributed by atoms with van der Waals surface area (Å²) in [5, 5.41) is 11.5. The SMILES string of the molecule is O=C(O)C[C@H](NC(=O)OCc1ccccc1)c1ccc(Cl)s1. The van der Waals surface area contributed by atoms with E-state index in [1.807, 2.05) is 30.3 Å². The van der Waals surface area contributed by atoms with Gasteiger partial charge in [0.25, 0.3) is 0 Å². The maximum absolute atomic E-state index is 11.8. The Balaban J connectivity index is 1.94. The van der Waals surface area contributed by atoms with Crippen LogP contribution in [0.2, 0.25) is 4.34 Å². The highest BCUT2D eigenvalue weighted by Gasteiger charge is 2.20. The standard InChI is InChI=1S/C15H14ClNO4S/c16-13-7-6-12(22-13)11(8-14(18)19)17-15(20)21-9-10-4-2-1-3-5-10/h1-7,11H,8-9H2,(H,17,20)(H,18,19)/t11-/m0/s1. The van der Waals surface area contributed by atoms with Gasteiger partial charge in [0.2, 0.25) is 0 Å². The fourth-order valence-corrected chi connectivity index (χ4v) is 2.93. The molecule has 0 fully saturated rings. The molecule has 0 saturated carbocycles. The van der Waals surface area contributed by atoms with Crippen LogP contribution in [0.1, 0.15) is 22.9 Å². The zero-order valence-electron chi connectivity index (χ0n) is 11.5. The predicted molar refractivity (Wildman–Crippen MR) is 84.1 cm³/mol. The molecule has 1 heterocycles. The number of aliphatic carboxylic acids is 1. The van der Waals surface area contributed by atoms with Crippen LogP contribution in [0, 0.1) is 0 Å². The van der Waals surface area contributed by atoms with E-state index in [1.54, 1.807) is 12.1 Å². The van der Waals surface area contributed by atoms with Crippen molar-refractivity contribution in [2.75, 3.05) is 0 Å². The summed E-state index contributed by atoms with van der Waals surface area (Å²) in [7, 11) is 0. The number of amides is 1. The lowest BCUT2D eigenvalue weighted by Crippen LogP contribution is -2.30. The van der Waals surface area contributed by atoms with Gasteiger partial charge in [-0.3, -0.25) is 4.79 Å². The van der Waals surface area contributed by atoms with Gasteiger partial charge in [-0.05, 0) is 17.7 Å². The largest absolute Gasteiger partial charge is 0.481 e. The zero-order valence-corrected chi connectivity index (χ0v) is 13.1. The Bertz CT molecular complexity index is 644. The van der Waals surface area contributed by atoms with Gasteiger partial charge in [0.05, 0.1) is 16.8 Å².